The highest BCUT2D eigenvalue weighted by atomic mass is 32.1. The summed E-state index contributed by atoms with van der Waals surface area (Å²) in [6.07, 6.45) is 1.40. The van der Waals surface area contributed by atoms with Crippen molar-refractivity contribution >= 4 is 64.3 Å². The molecule has 1 aliphatic carbocycles. The molecule has 0 aromatic carbocycles. The van der Waals surface area contributed by atoms with Crippen LogP contribution in [0, 0.1) is 53.3 Å². The second-order valence-corrected chi connectivity index (χ2v) is 20.8. The van der Waals surface area contributed by atoms with Gasteiger partial charge < -0.3 is 46.9 Å². The fourth-order valence-corrected chi connectivity index (χ4v) is 3.21. The van der Waals surface area contributed by atoms with Gasteiger partial charge in [-0.15, -0.1) is 0 Å². The van der Waals surface area contributed by atoms with Gasteiger partial charge in [-0.3, -0.25) is 38.4 Å². The Kier molecular flexibility index (Phi) is 56.2. The Labute approximate surface area is 463 Å². The Hall–Kier alpha value is -4.40. The second kappa shape index (κ2) is 53.0. The summed E-state index contributed by atoms with van der Waals surface area (Å²) in [6.45, 7) is 35.3. The van der Waals surface area contributed by atoms with Crippen molar-refractivity contribution in [3.05, 3.63) is 0 Å². The van der Waals surface area contributed by atoms with Crippen LogP contribution in [0.25, 0.3) is 0 Å². The molecule has 1 atom stereocenters. The molecule has 0 bridgehead atoms. The number of hydrogen-bond acceptors (Lipinski definition) is 10. The average molecular weight is 1110 g/mol. The molecule has 0 saturated heterocycles. The van der Waals surface area contributed by atoms with Crippen molar-refractivity contribution in [3.8, 4) is 0 Å². The minimum Gasteiger partial charge on any atom is -0.383 e. The standard InChI is InChI=1S/C7H13F2NO.C7H14FNO.C7H15NO2.C7H13NO.C6H13NO.2C5H11NO.C5H11NS.C5H10O/c1-5(2)6(11)10-4-7(3,8)9;1-5(2)7(10)9-4-6(3)8;1-6(2)7(9)8-4-5-10-3;1-5(2)7(9)8-6-3-4-6;1-5(2)6(8)7(3)4;3*1-4(2)5(7)6-3;1-4(2)5(3)6/h5H,4H2,1-3H3,(H,10,11);5-6H,4H2,1-3H3,(H,9,10);6H,4-5H2,1-3H3,(H,8,9);5-6H,3-4H2,1-2H3,(H,8,9);5H,1-4H3;3*4H,1-3H3,(H,6,7);4H,1-3H3/i;;;;;3D3;;;. The Morgan fingerprint density at radius 3 is 1.13 bits per heavy atom. The van der Waals surface area contributed by atoms with Gasteiger partial charge in [0.2, 0.25) is 41.4 Å². The number of nitrogens with zero attached hydrogens (tertiary/aromatic N) is 1. The summed E-state index contributed by atoms with van der Waals surface area (Å²) < 4.78 is 61.1. The molecular weight excluding hydrogens is 994 g/mol. The number of hydrogen-bond donors (Lipinski definition) is 7. The van der Waals surface area contributed by atoms with Gasteiger partial charge >= 0.3 is 0 Å². The van der Waals surface area contributed by atoms with Crippen LogP contribution in [-0.4, -0.2) is 144 Å². The van der Waals surface area contributed by atoms with Crippen LogP contribution < -0.4 is 37.2 Å². The molecule has 0 aromatic rings. The molecule has 75 heavy (non-hydrogen) atoms. The first kappa shape index (κ1) is 79.5. The van der Waals surface area contributed by atoms with Gasteiger partial charge in [-0.25, -0.2) is 13.2 Å². The number of thiocarbonyl (C=S) groups is 1. The number of rotatable bonds is 17. The molecule has 0 heterocycles. The third kappa shape index (κ3) is 76.2. The van der Waals surface area contributed by atoms with E-state index in [1.54, 1.807) is 81.6 Å². The number of ether oxygens (including phenoxy) is 1. The van der Waals surface area contributed by atoms with Gasteiger partial charge in [-0.1, -0.05) is 137 Å². The number of nitrogens with one attached hydrogen (secondary N) is 7. The third-order valence-electron chi connectivity index (χ3n) is 8.69. The van der Waals surface area contributed by atoms with Crippen LogP contribution in [0.1, 0.15) is 162 Å². The van der Waals surface area contributed by atoms with Crippen molar-refractivity contribution in [2.24, 2.45) is 53.3 Å². The lowest BCUT2D eigenvalue weighted by Gasteiger charge is -2.12. The molecule has 1 saturated carbocycles. The minimum absolute atomic E-state index is 0.0567. The molecule has 0 aromatic heterocycles. The van der Waals surface area contributed by atoms with Crippen molar-refractivity contribution in [3.63, 3.8) is 0 Å². The van der Waals surface area contributed by atoms with Crippen molar-refractivity contribution in [1.29, 1.82) is 0 Å². The average Bonchev–Trinajstić information content (AvgIpc) is 4.13. The fraction of sp³-hybridized carbons (Fsp3) is 0.833. The zero-order chi connectivity index (χ0) is 64.0. The number of amides is 7. The van der Waals surface area contributed by atoms with E-state index in [0.29, 0.717) is 25.1 Å². The van der Waals surface area contributed by atoms with Gasteiger partial charge in [0.25, 0.3) is 5.92 Å². The number of alkyl halides is 3. The molecule has 21 heteroatoms. The Morgan fingerprint density at radius 2 is 0.947 bits per heavy atom. The van der Waals surface area contributed by atoms with E-state index < -0.39 is 31.5 Å². The summed E-state index contributed by atoms with van der Waals surface area (Å²) in [5, 5.41) is 17.5. The third-order valence-corrected chi connectivity index (χ3v) is 9.37. The number of carbonyl (C=O) groups is 8. The number of halogens is 3. The van der Waals surface area contributed by atoms with E-state index >= 15 is 0 Å². The van der Waals surface area contributed by atoms with E-state index in [-0.39, 0.29) is 95.1 Å². The maximum atomic E-state index is 12.1. The first-order chi connectivity index (χ1) is 35.1. The molecule has 0 aliphatic heterocycles. The van der Waals surface area contributed by atoms with E-state index in [9.17, 15) is 51.5 Å². The lowest BCUT2D eigenvalue weighted by Crippen LogP contribution is -2.36. The monoisotopic (exact) mass is 1110 g/mol. The largest absolute Gasteiger partial charge is 0.383 e. The Morgan fingerprint density at radius 1 is 0.587 bits per heavy atom. The molecule has 1 rings (SSSR count). The highest BCUT2D eigenvalue weighted by Gasteiger charge is 2.24. The SMILES string of the molecule is CC(=O)C(C)C.CC(C)C(=O)N(C)C.CC(C)C(=O)NC1CC1.CC(C)C(=O)NCC(C)(F)F.CC(F)CNC(=O)C(C)C.CNC(=O)C(C)C.CNC(=S)C(C)C.COCCNC(=O)C(C)C.[2H]C([2H])([2H])NC(=O)C(C)C. The molecule has 17 nitrogen and oxygen atoms in total. The lowest BCUT2D eigenvalue weighted by molar-refractivity contribution is -0.132. The molecule has 7 N–H and O–H groups in total. The second-order valence-electron chi connectivity index (χ2n) is 20.3. The first-order valence-electron chi connectivity index (χ1n) is 27.2. The van der Waals surface area contributed by atoms with E-state index in [4.69, 9.17) is 21.1 Å². The zero-order valence-corrected chi connectivity index (χ0v) is 52.1. The van der Waals surface area contributed by atoms with Crippen molar-refractivity contribution in [2.75, 3.05) is 68.5 Å². The van der Waals surface area contributed by atoms with Crippen LogP contribution >= 0.6 is 12.2 Å². The molecule has 1 unspecified atom stereocenters. The molecule has 0 radical (unpaired) electrons. The van der Waals surface area contributed by atoms with Gasteiger partial charge in [0.15, 0.2) is 0 Å². The maximum absolute atomic E-state index is 12.1. The quantitative estimate of drug-likeness (QED) is 0.0549. The highest BCUT2D eigenvalue weighted by Crippen LogP contribution is 2.19. The van der Waals surface area contributed by atoms with E-state index in [1.807, 2.05) is 81.6 Å². The summed E-state index contributed by atoms with van der Waals surface area (Å²) in [6, 6.07) is 0.514. The number of ketones is 1. The van der Waals surface area contributed by atoms with Crippen LogP contribution in [0.3, 0.4) is 0 Å². The van der Waals surface area contributed by atoms with Crippen molar-refractivity contribution in [2.45, 2.75) is 176 Å². The smallest absolute Gasteiger partial charge is 0.262 e. The molecule has 1 aliphatic rings. The number of methoxy groups -OCH3 is 1. The lowest BCUT2D eigenvalue weighted by atomic mass is 10.1. The van der Waals surface area contributed by atoms with Crippen LogP contribution in [0.2, 0.25) is 0 Å². The predicted molar refractivity (Wildman–Crippen MR) is 306 cm³/mol. The summed E-state index contributed by atoms with van der Waals surface area (Å²) in [5.41, 5.74) is 0. The van der Waals surface area contributed by atoms with Crippen LogP contribution in [0.4, 0.5) is 13.2 Å². The van der Waals surface area contributed by atoms with Gasteiger partial charge in [0.1, 0.15) is 12.0 Å². The van der Waals surface area contributed by atoms with Crippen molar-refractivity contribution in [1.82, 2.24) is 42.1 Å². The molecule has 7 amide bonds. The summed E-state index contributed by atoms with van der Waals surface area (Å²) >= 11 is 4.87. The molecular formula is C54H111F3N8O9S. The van der Waals surface area contributed by atoms with Gasteiger partial charge in [0.05, 0.1) is 18.1 Å². The van der Waals surface area contributed by atoms with Crippen LogP contribution in [0.5, 0.6) is 0 Å². The fourth-order valence-electron chi connectivity index (χ4n) is 3.21. The first-order valence-corrected chi connectivity index (χ1v) is 26.2. The summed E-state index contributed by atoms with van der Waals surface area (Å²) in [7, 11) is 8.64. The maximum Gasteiger partial charge on any atom is 0.262 e. The summed E-state index contributed by atoms with van der Waals surface area (Å²) in [4.78, 5) is 87.8. The zero-order valence-electron chi connectivity index (χ0n) is 54.3. The molecule has 0 spiro atoms. The minimum atomic E-state index is -2.81. The van der Waals surface area contributed by atoms with E-state index in [0.717, 1.165) is 11.9 Å². The normalized spacial score (nSPS) is 12.1. The van der Waals surface area contributed by atoms with Gasteiger partial charge in [-0.2, -0.15) is 0 Å². The van der Waals surface area contributed by atoms with Crippen LogP contribution in [0.15, 0.2) is 0 Å². The summed E-state index contributed by atoms with van der Waals surface area (Å²) in [5.74, 6) is -2.30. The molecule has 1 fully saturated rings. The number of carbonyl (C=O) groups excluding carboxylic acids is 8. The van der Waals surface area contributed by atoms with Crippen molar-refractivity contribution < 1.29 is 60.4 Å². The van der Waals surface area contributed by atoms with E-state index in [1.165, 1.54) is 19.8 Å². The molecule has 448 valence electrons. The highest BCUT2D eigenvalue weighted by molar-refractivity contribution is 7.80. The number of Topliss-reactive ketones (excluding diaryl/α,β-unsaturated/α-hetero) is 1. The predicted octanol–water partition coefficient (Wildman–Crippen LogP) is 7.78. The van der Waals surface area contributed by atoms with Gasteiger partial charge in [0, 0.05) is 126 Å². The topological polar surface area (TPSA) is 233 Å². The van der Waals surface area contributed by atoms with Gasteiger partial charge in [-0.05, 0) is 26.7 Å². The van der Waals surface area contributed by atoms with E-state index in [2.05, 4.69) is 45.7 Å². The van der Waals surface area contributed by atoms with Crippen LogP contribution in [-0.2, 0) is 43.1 Å². The Bertz CT molecular complexity index is 1600. The Balaban J connectivity index is -0.000000118.